The number of likely N-dealkylation sites (N-methyl/N-ethyl adjacent to an activating group) is 1. The van der Waals surface area contributed by atoms with Crippen LogP contribution in [-0.2, 0) is 16.1 Å². The molecule has 2 amide bonds. The normalized spacial score (nSPS) is 19.3. The van der Waals surface area contributed by atoms with Gasteiger partial charge in [-0.2, -0.15) is 0 Å². The van der Waals surface area contributed by atoms with Crippen LogP contribution < -0.4 is 5.32 Å². The van der Waals surface area contributed by atoms with E-state index >= 15 is 0 Å². The van der Waals surface area contributed by atoms with Crippen molar-refractivity contribution < 1.29 is 9.59 Å². The summed E-state index contributed by atoms with van der Waals surface area (Å²) in [5.74, 6) is -0.351. The number of hydrogen-bond donors (Lipinski definition) is 1. The lowest BCUT2D eigenvalue weighted by Gasteiger charge is -2.09. The summed E-state index contributed by atoms with van der Waals surface area (Å²) in [6.07, 6.45) is 3.82. The van der Waals surface area contributed by atoms with Crippen molar-refractivity contribution in [3.05, 3.63) is 35.2 Å². The zero-order valence-electron chi connectivity index (χ0n) is 10.8. The summed E-state index contributed by atoms with van der Waals surface area (Å²) in [5.41, 5.74) is 1.58. The highest BCUT2D eigenvalue weighted by Gasteiger charge is 2.35. The summed E-state index contributed by atoms with van der Waals surface area (Å²) in [7, 11) is 1.50. The lowest BCUT2D eigenvalue weighted by Crippen LogP contribution is -2.36. The van der Waals surface area contributed by atoms with E-state index in [9.17, 15) is 9.59 Å². The number of nitrogens with zero attached hydrogens (tertiary/aromatic N) is 3. The fourth-order valence-corrected chi connectivity index (χ4v) is 2.41. The van der Waals surface area contributed by atoms with Crippen LogP contribution in [0.25, 0.3) is 5.65 Å². The van der Waals surface area contributed by atoms with E-state index in [1.165, 1.54) is 7.05 Å². The van der Waals surface area contributed by atoms with Gasteiger partial charge in [0.15, 0.2) is 0 Å². The van der Waals surface area contributed by atoms with E-state index in [0.29, 0.717) is 11.6 Å². The third kappa shape index (κ3) is 2.28. The second-order valence-electron chi connectivity index (χ2n) is 4.77. The molecule has 2 aromatic heterocycles. The lowest BCUT2D eigenvalue weighted by atomic mass is 10.2. The van der Waals surface area contributed by atoms with Crippen LogP contribution in [0.3, 0.4) is 0 Å². The molecule has 2 aromatic rings. The van der Waals surface area contributed by atoms with Crippen molar-refractivity contribution in [2.45, 2.75) is 19.0 Å². The maximum Gasteiger partial charge on any atom is 0.246 e. The van der Waals surface area contributed by atoms with Gasteiger partial charge >= 0.3 is 0 Å². The molecule has 1 fully saturated rings. The Morgan fingerprint density at radius 2 is 2.20 bits per heavy atom. The van der Waals surface area contributed by atoms with Crippen molar-refractivity contribution in [1.82, 2.24) is 19.6 Å². The van der Waals surface area contributed by atoms with Crippen molar-refractivity contribution >= 4 is 29.1 Å². The van der Waals surface area contributed by atoms with Gasteiger partial charge in [-0.05, 0) is 12.1 Å². The van der Waals surface area contributed by atoms with Crippen molar-refractivity contribution in [3.63, 3.8) is 0 Å². The van der Waals surface area contributed by atoms with E-state index in [0.717, 1.165) is 16.2 Å². The Kier molecular flexibility index (Phi) is 3.19. The number of fused-ring (bicyclic) bond motifs is 1. The van der Waals surface area contributed by atoms with Crippen LogP contribution in [0, 0.1) is 0 Å². The Morgan fingerprint density at radius 3 is 2.90 bits per heavy atom. The molecule has 1 aliphatic heterocycles. The van der Waals surface area contributed by atoms with Crippen LogP contribution in [0.1, 0.15) is 12.1 Å². The molecule has 0 aromatic carbocycles. The van der Waals surface area contributed by atoms with Gasteiger partial charge < -0.3 is 4.40 Å². The highest BCUT2D eigenvalue weighted by Crippen LogP contribution is 2.13. The number of imide groups is 1. The van der Waals surface area contributed by atoms with E-state index < -0.39 is 6.04 Å². The van der Waals surface area contributed by atoms with E-state index in [1.54, 1.807) is 12.3 Å². The Hall–Kier alpha value is -1.92. The lowest BCUT2D eigenvalue weighted by molar-refractivity contribution is -0.137. The van der Waals surface area contributed by atoms with Crippen molar-refractivity contribution in [1.29, 1.82) is 0 Å². The van der Waals surface area contributed by atoms with E-state index in [4.69, 9.17) is 11.6 Å². The van der Waals surface area contributed by atoms with Crippen LogP contribution in [0.5, 0.6) is 0 Å². The number of carbonyl (C=O) groups is 2. The summed E-state index contributed by atoms with van der Waals surface area (Å²) in [6, 6.07) is 3.14. The van der Waals surface area contributed by atoms with Gasteiger partial charge in [-0.1, -0.05) is 11.6 Å². The number of pyridine rings is 1. The summed E-state index contributed by atoms with van der Waals surface area (Å²) >= 11 is 5.91. The van der Waals surface area contributed by atoms with Gasteiger partial charge in [0.2, 0.25) is 11.8 Å². The number of hydrogen-bond acceptors (Lipinski definition) is 4. The number of imidazole rings is 1. The number of rotatable bonds is 3. The second kappa shape index (κ2) is 4.88. The Bertz CT molecular complexity index is 697. The van der Waals surface area contributed by atoms with Gasteiger partial charge in [-0.25, -0.2) is 4.98 Å². The first-order valence-corrected chi connectivity index (χ1v) is 6.59. The number of carbonyl (C=O) groups excluding carboxylic acids is 2. The minimum Gasteiger partial charge on any atom is -0.305 e. The molecule has 20 heavy (non-hydrogen) atoms. The van der Waals surface area contributed by atoms with Crippen molar-refractivity contribution in [2.75, 3.05) is 7.05 Å². The molecule has 1 N–H and O–H groups in total. The van der Waals surface area contributed by atoms with E-state index in [-0.39, 0.29) is 18.2 Å². The summed E-state index contributed by atoms with van der Waals surface area (Å²) in [4.78, 5) is 28.7. The van der Waals surface area contributed by atoms with Crippen LogP contribution in [-0.4, -0.2) is 39.2 Å². The summed E-state index contributed by atoms with van der Waals surface area (Å²) < 4.78 is 1.83. The van der Waals surface area contributed by atoms with E-state index in [1.807, 2.05) is 16.7 Å². The molecular weight excluding hydrogens is 280 g/mol. The number of likely N-dealkylation sites (tertiary alicyclic amines) is 1. The first-order chi connectivity index (χ1) is 9.54. The number of nitrogens with one attached hydrogen (secondary N) is 1. The Morgan fingerprint density at radius 1 is 1.40 bits per heavy atom. The fraction of sp³-hybridized carbons (Fsp3) is 0.308. The minimum absolute atomic E-state index is 0.158. The maximum absolute atomic E-state index is 11.8. The van der Waals surface area contributed by atoms with E-state index in [2.05, 4.69) is 10.3 Å². The molecule has 3 rings (SSSR count). The van der Waals surface area contributed by atoms with Crippen molar-refractivity contribution in [3.8, 4) is 0 Å². The topological polar surface area (TPSA) is 66.7 Å². The maximum atomic E-state index is 11.8. The monoisotopic (exact) mass is 292 g/mol. The molecule has 1 aliphatic rings. The molecule has 0 saturated carbocycles. The first-order valence-electron chi connectivity index (χ1n) is 6.21. The fourth-order valence-electron chi connectivity index (χ4n) is 2.25. The van der Waals surface area contributed by atoms with Crippen LogP contribution in [0.15, 0.2) is 24.5 Å². The molecule has 0 radical (unpaired) electrons. The third-order valence-electron chi connectivity index (χ3n) is 3.38. The predicted molar refractivity (Wildman–Crippen MR) is 73.2 cm³/mol. The Balaban J connectivity index is 1.71. The molecule has 0 spiro atoms. The highest BCUT2D eigenvalue weighted by molar-refractivity contribution is 6.30. The molecule has 0 bridgehead atoms. The largest absolute Gasteiger partial charge is 0.305 e. The third-order valence-corrected chi connectivity index (χ3v) is 3.60. The molecule has 0 aliphatic carbocycles. The summed E-state index contributed by atoms with van der Waals surface area (Å²) in [5, 5.41) is 3.70. The minimum atomic E-state index is -0.457. The molecule has 7 heteroatoms. The zero-order chi connectivity index (χ0) is 14.3. The second-order valence-corrected chi connectivity index (χ2v) is 5.21. The van der Waals surface area contributed by atoms with Crippen LogP contribution in [0.2, 0.25) is 5.02 Å². The van der Waals surface area contributed by atoms with Crippen LogP contribution in [0.4, 0.5) is 0 Å². The van der Waals surface area contributed by atoms with Crippen molar-refractivity contribution in [2.24, 2.45) is 0 Å². The summed E-state index contributed by atoms with van der Waals surface area (Å²) in [6.45, 7) is 0.427. The number of amides is 2. The molecule has 1 saturated heterocycles. The first kappa shape index (κ1) is 13.1. The average molecular weight is 293 g/mol. The molecule has 3 heterocycles. The number of halogens is 1. The van der Waals surface area contributed by atoms with Crippen LogP contribution >= 0.6 is 11.6 Å². The SMILES string of the molecule is CN1C(=O)CC(NCc2cn3cc(Cl)ccc3n2)C1=O. The van der Waals surface area contributed by atoms with Gasteiger partial charge in [0.25, 0.3) is 0 Å². The number of aromatic nitrogens is 2. The quantitative estimate of drug-likeness (QED) is 0.851. The zero-order valence-corrected chi connectivity index (χ0v) is 11.6. The standard InChI is InChI=1S/C13H13ClN4O2/c1-17-12(19)4-10(13(17)20)15-5-9-7-18-6-8(14)2-3-11(18)16-9/h2-3,6-7,10,15H,4-5H2,1H3. The van der Waals surface area contributed by atoms with Gasteiger partial charge in [-0.3, -0.25) is 19.8 Å². The van der Waals surface area contributed by atoms with Gasteiger partial charge in [0.1, 0.15) is 5.65 Å². The molecule has 1 unspecified atom stereocenters. The molecule has 6 nitrogen and oxygen atoms in total. The molecular formula is C13H13ClN4O2. The predicted octanol–water partition coefficient (Wildman–Crippen LogP) is 0.835. The van der Waals surface area contributed by atoms with Gasteiger partial charge in [0, 0.05) is 26.0 Å². The highest BCUT2D eigenvalue weighted by atomic mass is 35.5. The Labute approximate surface area is 120 Å². The molecule has 104 valence electrons. The smallest absolute Gasteiger partial charge is 0.246 e. The van der Waals surface area contributed by atoms with Gasteiger partial charge in [-0.15, -0.1) is 0 Å². The molecule has 1 atom stereocenters. The van der Waals surface area contributed by atoms with Gasteiger partial charge in [0.05, 0.1) is 23.2 Å². The average Bonchev–Trinajstić information content (AvgIpc) is 2.92.